The highest BCUT2D eigenvalue weighted by Gasteiger charge is 2.51. The number of hydrogen-bond donors (Lipinski definition) is 0. The quantitative estimate of drug-likeness (QED) is 0.330. The van der Waals surface area contributed by atoms with Crippen LogP contribution in [0.1, 0.15) is 59.9 Å². The predicted molar refractivity (Wildman–Crippen MR) is 127 cm³/mol. The number of fused-ring (bicyclic) bond motifs is 1. The number of carbonyl (C=O) groups is 2. The van der Waals surface area contributed by atoms with Gasteiger partial charge in [0.1, 0.15) is 6.61 Å². The van der Waals surface area contributed by atoms with Gasteiger partial charge in [0.2, 0.25) is 5.91 Å². The molecule has 1 atom stereocenters. The third-order valence-corrected chi connectivity index (χ3v) is 5.64. The summed E-state index contributed by atoms with van der Waals surface area (Å²) in [6.45, 7) is 12.7. The first-order valence-corrected chi connectivity index (χ1v) is 11.0. The van der Waals surface area contributed by atoms with Gasteiger partial charge in [0.05, 0.1) is 11.8 Å². The predicted octanol–water partition coefficient (Wildman–Crippen LogP) is 6.26. The van der Waals surface area contributed by atoms with Crippen molar-refractivity contribution in [3.8, 4) is 0 Å². The fourth-order valence-corrected chi connectivity index (χ4v) is 3.84. The zero-order valence-electron chi connectivity index (χ0n) is 18.8. The Morgan fingerprint density at radius 1 is 1.03 bits per heavy atom. The second kappa shape index (κ2) is 10.3. The van der Waals surface area contributed by atoms with E-state index in [1.807, 2.05) is 78.0 Å². The molecule has 1 aliphatic rings. The number of esters is 1. The molecule has 0 radical (unpaired) electrons. The Hall–Kier alpha value is -2.14. The standard InChI is InChI=1S/C25H32BrNO3/c1-17(2)9-12-25(16-23(28)30-14-11-19(5)6)21-8-7-20(26)15-22(21)27(24(25)29)13-10-18(3)4/h7-11,15H,12-14,16H2,1-6H3/t25-/m0/s1. The number of carbonyl (C=O) groups excluding carboxylic acids is 2. The SMILES string of the molecule is CC(C)=CCOC(=O)C[C@]1(CC=C(C)C)C(=O)N(CC=C(C)C)c2cc(Br)ccc21. The van der Waals surface area contributed by atoms with E-state index >= 15 is 0 Å². The summed E-state index contributed by atoms with van der Waals surface area (Å²) in [6.07, 6.45) is 6.42. The van der Waals surface area contributed by atoms with Crippen molar-refractivity contribution in [1.29, 1.82) is 0 Å². The molecule has 0 unspecified atom stereocenters. The summed E-state index contributed by atoms with van der Waals surface area (Å²) < 4.78 is 6.34. The van der Waals surface area contributed by atoms with Gasteiger partial charge in [-0.2, -0.15) is 0 Å². The van der Waals surface area contributed by atoms with Crippen molar-refractivity contribution >= 4 is 33.5 Å². The number of hydrogen-bond acceptors (Lipinski definition) is 3. The minimum Gasteiger partial charge on any atom is -0.461 e. The van der Waals surface area contributed by atoms with E-state index in [1.165, 1.54) is 0 Å². The molecule has 1 heterocycles. The lowest BCUT2D eigenvalue weighted by atomic mass is 9.75. The molecular formula is C25H32BrNO3. The molecule has 1 aromatic rings. The second-order valence-electron chi connectivity index (χ2n) is 8.57. The van der Waals surface area contributed by atoms with Gasteiger partial charge in [0, 0.05) is 16.7 Å². The largest absolute Gasteiger partial charge is 0.461 e. The fraction of sp³-hybridized carbons (Fsp3) is 0.440. The summed E-state index contributed by atoms with van der Waals surface area (Å²) in [5, 5.41) is 0. The molecule has 0 saturated carbocycles. The van der Waals surface area contributed by atoms with Crippen molar-refractivity contribution in [2.45, 2.75) is 59.8 Å². The molecule has 0 fully saturated rings. The van der Waals surface area contributed by atoms with Crippen LogP contribution in [0.3, 0.4) is 0 Å². The van der Waals surface area contributed by atoms with Crippen molar-refractivity contribution in [2.24, 2.45) is 0 Å². The minimum absolute atomic E-state index is 0.0200. The third-order valence-electron chi connectivity index (χ3n) is 5.14. The molecule has 0 N–H and O–H groups in total. The topological polar surface area (TPSA) is 46.6 Å². The highest BCUT2D eigenvalue weighted by Crippen LogP contribution is 2.48. The molecule has 1 aliphatic heterocycles. The molecule has 4 nitrogen and oxygen atoms in total. The van der Waals surface area contributed by atoms with E-state index in [9.17, 15) is 9.59 Å². The van der Waals surface area contributed by atoms with E-state index < -0.39 is 5.41 Å². The molecule has 2 rings (SSSR count). The van der Waals surface area contributed by atoms with Crippen molar-refractivity contribution in [1.82, 2.24) is 0 Å². The normalized spacial score (nSPS) is 17.3. The molecule has 5 heteroatoms. The van der Waals surface area contributed by atoms with E-state index in [1.54, 1.807) is 4.90 Å². The van der Waals surface area contributed by atoms with Crippen LogP contribution in [-0.4, -0.2) is 25.0 Å². The number of rotatable bonds is 8. The van der Waals surface area contributed by atoms with Gasteiger partial charge in [-0.25, -0.2) is 0 Å². The first kappa shape index (κ1) is 24.1. The van der Waals surface area contributed by atoms with E-state index in [4.69, 9.17) is 4.74 Å². The Bertz CT molecular complexity index is 901. The van der Waals surface area contributed by atoms with Gasteiger partial charge in [-0.05, 0) is 71.7 Å². The molecule has 30 heavy (non-hydrogen) atoms. The van der Waals surface area contributed by atoms with Crippen LogP contribution in [0.25, 0.3) is 0 Å². The maximum absolute atomic E-state index is 13.8. The molecule has 0 aliphatic carbocycles. The van der Waals surface area contributed by atoms with Gasteiger partial charge in [-0.1, -0.05) is 50.9 Å². The Morgan fingerprint density at radius 3 is 2.27 bits per heavy atom. The smallest absolute Gasteiger partial charge is 0.307 e. The van der Waals surface area contributed by atoms with Gasteiger partial charge in [-0.15, -0.1) is 0 Å². The molecule has 0 saturated heterocycles. The van der Waals surface area contributed by atoms with Crippen LogP contribution >= 0.6 is 15.9 Å². The van der Waals surface area contributed by atoms with Gasteiger partial charge in [0.15, 0.2) is 0 Å². The number of ether oxygens (including phenoxy) is 1. The lowest BCUT2D eigenvalue weighted by Gasteiger charge is -2.27. The Morgan fingerprint density at radius 2 is 1.67 bits per heavy atom. The number of benzene rings is 1. The van der Waals surface area contributed by atoms with Crippen molar-refractivity contribution in [3.05, 3.63) is 63.2 Å². The van der Waals surface area contributed by atoms with Gasteiger partial charge >= 0.3 is 5.97 Å². The maximum atomic E-state index is 13.8. The fourth-order valence-electron chi connectivity index (χ4n) is 3.49. The molecule has 0 spiro atoms. The average molecular weight is 474 g/mol. The number of amides is 1. The van der Waals surface area contributed by atoms with Crippen LogP contribution < -0.4 is 4.90 Å². The molecule has 0 bridgehead atoms. The number of allylic oxidation sites excluding steroid dienone is 4. The van der Waals surface area contributed by atoms with E-state index in [0.29, 0.717) is 13.0 Å². The monoisotopic (exact) mass is 473 g/mol. The summed E-state index contributed by atoms with van der Waals surface area (Å²) in [4.78, 5) is 28.3. The minimum atomic E-state index is -0.954. The maximum Gasteiger partial charge on any atom is 0.307 e. The number of nitrogens with zero attached hydrogens (tertiary/aromatic N) is 1. The van der Waals surface area contributed by atoms with Gasteiger partial charge in [0.25, 0.3) is 0 Å². The van der Waals surface area contributed by atoms with Crippen LogP contribution in [0, 0.1) is 0 Å². The zero-order valence-corrected chi connectivity index (χ0v) is 20.4. The Labute approximate surface area is 188 Å². The van der Waals surface area contributed by atoms with Crippen molar-refractivity contribution < 1.29 is 14.3 Å². The Balaban J connectivity index is 2.50. The average Bonchev–Trinajstić information content (AvgIpc) is 2.85. The van der Waals surface area contributed by atoms with Gasteiger partial charge in [-0.3, -0.25) is 9.59 Å². The van der Waals surface area contributed by atoms with Crippen LogP contribution in [-0.2, 0) is 19.7 Å². The molecular weight excluding hydrogens is 442 g/mol. The lowest BCUT2D eigenvalue weighted by molar-refractivity contribution is -0.146. The molecule has 162 valence electrons. The van der Waals surface area contributed by atoms with Crippen LogP contribution in [0.2, 0.25) is 0 Å². The Kier molecular flexibility index (Phi) is 8.25. The summed E-state index contributed by atoms with van der Waals surface area (Å²) in [5.41, 5.74) is 4.12. The third kappa shape index (κ3) is 5.72. The number of halogens is 1. The highest BCUT2D eigenvalue weighted by atomic mass is 79.9. The zero-order chi connectivity index (χ0) is 22.5. The molecule has 1 amide bonds. The summed E-state index contributed by atoms with van der Waals surface area (Å²) in [5.74, 6) is -0.411. The van der Waals surface area contributed by atoms with E-state index in [0.717, 1.165) is 32.4 Å². The summed E-state index contributed by atoms with van der Waals surface area (Å²) in [6, 6.07) is 5.86. The molecule has 0 aromatic heterocycles. The van der Waals surface area contributed by atoms with Crippen LogP contribution in [0.15, 0.2) is 57.6 Å². The van der Waals surface area contributed by atoms with Crippen LogP contribution in [0.4, 0.5) is 5.69 Å². The first-order chi connectivity index (χ1) is 14.1. The van der Waals surface area contributed by atoms with E-state index in [2.05, 4.69) is 15.9 Å². The lowest BCUT2D eigenvalue weighted by Crippen LogP contribution is -2.42. The second-order valence-corrected chi connectivity index (χ2v) is 9.48. The summed E-state index contributed by atoms with van der Waals surface area (Å²) >= 11 is 3.53. The molecule has 1 aromatic carbocycles. The van der Waals surface area contributed by atoms with Crippen molar-refractivity contribution in [2.75, 3.05) is 18.1 Å². The highest BCUT2D eigenvalue weighted by molar-refractivity contribution is 9.10. The number of anilines is 1. The summed E-state index contributed by atoms with van der Waals surface area (Å²) in [7, 11) is 0. The van der Waals surface area contributed by atoms with E-state index in [-0.39, 0.29) is 24.9 Å². The first-order valence-electron chi connectivity index (χ1n) is 10.2. The van der Waals surface area contributed by atoms with Gasteiger partial charge < -0.3 is 9.64 Å². The van der Waals surface area contributed by atoms with Crippen LogP contribution in [0.5, 0.6) is 0 Å². The van der Waals surface area contributed by atoms with Crippen molar-refractivity contribution in [3.63, 3.8) is 0 Å².